The minimum absolute atomic E-state index is 0.0112. The predicted molar refractivity (Wildman–Crippen MR) is 159 cm³/mol. The zero-order valence-electron chi connectivity index (χ0n) is 24.8. The third-order valence-corrected chi connectivity index (χ3v) is 11.3. The summed E-state index contributed by atoms with van der Waals surface area (Å²) in [5, 5.41) is 0. The van der Waals surface area contributed by atoms with E-state index in [1.54, 1.807) is 0 Å². The number of benzene rings is 1. The van der Waals surface area contributed by atoms with E-state index < -0.39 is 0 Å². The molecule has 0 aromatic heterocycles. The van der Waals surface area contributed by atoms with Crippen molar-refractivity contribution in [3.8, 4) is 0 Å². The molecule has 3 aliphatic carbocycles. The number of aryl methyl sites for hydroxylation is 2. The first-order valence-corrected chi connectivity index (χ1v) is 13.8. The van der Waals surface area contributed by atoms with Crippen LogP contribution in [0.1, 0.15) is 103 Å². The van der Waals surface area contributed by atoms with E-state index in [0.717, 1.165) is 24.8 Å². The molecule has 0 N–H and O–H groups in total. The maximum atomic E-state index is 4.85. The first-order chi connectivity index (χ1) is 16.6. The SMILES string of the molecule is C=C(CC)C[C@@H]1[C@]2(C)C(=C(C)[C@@]3(C)C(=C)C(C(=C)C)=C(C)C[C@@]13C)C(=C)c1c(C)ccc(C)c1[C@H]2C. The van der Waals surface area contributed by atoms with E-state index >= 15 is 0 Å². The molecule has 0 heteroatoms. The Balaban J connectivity index is 2.17. The normalized spacial score (nSPS) is 33.8. The van der Waals surface area contributed by atoms with E-state index in [1.807, 2.05) is 0 Å². The van der Waals surface area contributed by atoms with Crippen LogP contribution < -0.4 is 0 Å². The van der Waals surface area contributed by atoms with Crippen LogP contribution in [0.3, 0.4) is 0 Å². The molecule has 5 atom stereocenters. The van der Waals surface area contributed by atoms with Crippen LogP contribution in [0.15, 0.2) is 77.5 Å². The highest BCUT2D eigenvalue weighted by Crippen LogP contribution is 2.75. The van der Waals surface area contributed by atoms with Gasteiger partial charge in [0.05, 0.1) is 0 Å². The van der Waals surface area contributed by atoms with Crippen LogP contribution in [-0.2, 0) is 0 Å². The van der Waals surface area contributed by atoms with Gasteiger partial charge in [-0.25, -0.2) is 0 Å². The molecular weight excluding hydrogens is 432 g/mol. The van der Waals surface area contributed by atoms with Crippen LogP contribution in [0.4, 0.5) is 0 Å². The lowest BCUT2D eigenvalue weighted by Gasteiger charge is -2.68. The minimum atomic E-state index is -0.174. The van der Waals surface area contributed by atoms with Gasteiger partial charge in [-0.2, -0.15) is 0 Å². The molecule has 1 aromatic carbocycles. The average molecular weight is 481 g/mol. The van der Waals surface area contributed by atoms with Crippen molar-refractivity contribution in [3.05, 3.63) is 99.7 Å². The van der Waals surface area contributed by atoms with Crippen LogP contribution in [0, 0.1) is 36.0 Å². The van der Waals surface area contributed by atoms with E-state index in [0.29, 0.717) is 11.8 Å². The largest absolute Gasteiger partial charge is 0.0999 e. The van der Waals surface area contributed by atoms with Crippen LogP contribution in [0.5, 0.6) is 0 Å². The van der Waals surface area contributed by atoms with Crippen molar-refractivity contribution in [2.24, 2.45) is 22.2 Å². The molecule has 1 aromatic rings. The van der Waals surface area contributed by atoms with Crippen molar-refractivity contribution >= 4 is 5.57 Å². The lowest BCUT2D eigenvalue weighted by molar-refractivity contribution is -0.0371. The fourth-order valence-corrected chi connectivity index (χ4v) is 9.06. The highest BCUT2D eigenvalue weighted by atomic mass is 14.7. The summed E-state index contributed by atoms with van der Waals surface area (Å²) in [5.41, 5.74) is 16.0. The predicted octanol–water partition coefficient (Wildman–Crippen LogP) is 10.6. The molecular formula is C36H48. The Labute approximate surface area is 221 Å². The molecule has 0 nitrogen and oxygen atoms in total. The molecule has 4 rings (SSSR count). The van der Waals surface area contributed by atoms with Crippen molar-refractivity contribution in [2.75, 3.05) is 0 Å². The zero-order valence-corrected chi connectivity index (χ0v) is 24.8. The number of rotatable bonds is 4. The van der Waals surface area contributed by atoms with E-state index in [9.17, 15) is 0 Å². The summed E-state index contributed by atoms with van der Waals surface area (Å²) in [6, 6.07) is 4.59. The second-order valence-electron chi connectivity index (χ2n) is 13.0. The zero-order chi connectivity index (χ0) is 27.1. The number of hydrogen-bond donors (Lipinski definition) is 0. The van der Waals surface area contributed by atoms with Crippen molar-refractivity contribution in [1.82, 2.24) is 0 Å². The van der Waals surface area contributed by atoms with Gasteiger partial charge in [0.25, 0.3) is 0 Å². The molecule has 36 heavy (non-hydrogen) atoms. The standard InChI is InChI=1S/C36H48/c1-15-21(4)18-29-34(12)19-24(7)30(20(2)3)27(10)36(34,14)28(11)33-25(8)31-22(5)16-17-23(6)32(31)26(9)35(29,33)13/h16-17,26,29H,2,4,8,10,15,18-19H2,1,3,5-7,9,11-14H3/t26-,29+,34+,35-,36-/m1/s1. The lowest BCUT2D eigenvalue weighted by atomic mass is 9.35. The number of allylic oxidation sites excluding steroid dienone is 8. The quantitative estimate of drug-likeness (QED) is 0.376. The molecule has 0 saturated carbocycles. The van der Waals surface area contributed by atoms with Gasteiger partial charge in [-0.15, -0.1) is 0 Å². The molecule has 0 bridgehead atoms. The van der Waals surface area contributed by atoms with Crippen LogP contribution in [0.2, 0.25) is 0 Å². The maximum Gasteiger partial charge on any atom is 0.0197 e. The molecule has 0 saturated heterocycles. The smallest absolute Gasteiger partial charge is 0.0197 e. The van der Waals surface area contributed by atoms with Crippen LogP contribution in [-0.4, -0.2) is 0 Å². The highest BCUT2D eigenvalue weighted by molar-refractivity contribution is 5.88. The second kappa shape index (κ2) is 8.34. The Bertz CT molecular complexity index is 1290. The molecule has 0 heterocycles. The minimum Gasteiger partial charge on any atom is -0.0999 e. The molecule has 0 fully saturated rings. The molecule has 0 aliphatic heterocycles. The van der Waals surface area contributed by atoms with Crippen molar-refractivity contribution in [1.29, 1.82) is 0 Å². The Kier molecular flexibility index (Phi) is 6.19. The summed E-state index contributed by atoms with van der Waals surface area (Å²) in [6.07, 6.45) is 3.12. The third kappa shape index (κ3) is 3.06. The highest BCUT2D eigenvalue weighted by Gasteiger charge is 2.66. The fourth-order valence-electron chi connectivity index (χ4n) is 9.06. The topological polar surface area (TPSA) is 0 Å². The van der Waals surface area contributed by atoms with Crippen LogP contribution in [0.25, 0.3) is 5.57 Å². The van der Waals surface area contributed by atoms with Gasteiger partial charge in [0.15, 0.2) is 0 Å². The Morgan fingerprint density at radius 2 is 1.58 bits per heavy atom. The van der Waals surface area contributed by atoms with E-state index in [4.69, 9.17) is 13.2 Å². The molecule has 0 spiro atoms. The summed E-state index contributed by atoms with van der Waals surface area (Å²) in [5.74, 6) is 0.804. The van der Waals surface area contributed by atoms with Crippen molar-refractivity contribution in [2.45, 2.75) is 94.4 Å². The van der Waals surface area contributed by atoms with Gasteiger partial charge in [-0.3, -0.25) is 0 Å². The lowest BCUT2D eigenvalue weighted by Crippen LogP contribution is -2.59. The Hall–Kier alpha value is -2.34. The first-order valence-electron chi connectivity index (χ1n) is 13.8. The molecule has 192 valence electrons. The van der Waals surface area contributed by atoms with Crippen LogP contribution >= 0.6 is 0 Å². The second-order valence-corrected chi connectivity index (χ2v) is 13.0. The third-order valence-electron chi connectivity index (χ3n) is 11.3. The van der Waals surface area contributed by atoms with Gasteiger partial charge >= 0.3 is 0 Å². The molecule has 0 unspecified atom stereocenters. The van der Waals surface area contributed by atoms with Gasteiger partial charge in [-0.1, -0.05) is 95.4 Å². The molecule has 0 amide bonds. The molecule has 3 aliphatic rings. The Morgan fingerprint density at radius 3 is 2.14 bits per heavy atom. The van der Waals surface area contributed by atoms with Crippen molar-refractivity contribution in [3.63, 3.8) is 0 Å². The maximum absolute atomic E-state index is 4.85. The van der Waals surface area contributed by atoms with Gasteiger partial charge < -0.3 is 0 Å². The van der Waals surface area contributed by atoms with Crippen molar-refractivity contribution < 1.29 is 0 Å². The number of fused-ring (bicyclic) bond motifs is 3. The number of hydrogen-bond acceptors (Lipinski definition) is 0. The van der Waals surface area contributed by atoms with Gasteiger partial charge in [0.2, 0.25) is 0 Å². The summed E-state index contributed by atoms with van der Waals surface area (Å²) in [6.45, 7) is 42.4. The monoisotopic (exact) mass is 480 g/mol. The molecule has 0 radical (unpaired) electrons. The van der Waals surface area contributed by atoms with Gasteiger partial charge in [-0.05, 0) is 116 Å². The summed E-state index contributed by atoms with van der Waals surface area (Å²) >= 11 is 0. The van der Waals surface area contributed by atoms with E-state index in [2.05, 4.69) is 94.5 Å². The Morgan fingerprint density at radius 1 is 1.00 bits per heavy atom. The van der Waals surface area contributed by atoms with E-state index in [1.165, 1.54) is 61.3 Å². The first kappa shape index (κ1) is 26.7. The van der Waals surface area contributed by atoms with Gasteiger partial charge in [0.1, 0.15) is 0 Å². The summed E-state index contributed by atoms with van der Waals surface area (Å²) in [7, 11) is 0. The van der Waals surface area contributed by atoms with Gasteiger partial charge in [0, 0.05) is 10.8 Å². The summed E-state index contributed by atoms with van der Waals surface area (Å²) < 4.78 is 0. The fraction of sp³-hybridized carbons (Fsp3) is 0.500. The van der Waals surface area contributed by atoms with E-state index in [-0.39, 0.29) is 16.2 Å². The summed E-state index contributed by atoms with van der Waals surface area (Å²) in [4.78, 5) is 0. The average Bonchev–Trinajstić information content (AvgIpc) is 2.79.